The summed E-state index contributed by atoms with van der Waals surface area (Å²) in [6.07, 6.45) is 0.874. The third kappa shape index (κ3) is 4.31. The SMILES string of the molecule is CCOC(=O)c1cc(C(C)(C)C)n(-c2ccc(C(=O)N3CCc4ccccc4C3)cc2)n1. The van der Waals surface area contributed by atoms with Gasteiger partial charge in [0, 0.05) is 24.1 Å². The summed E-state index contributed by atoms with van der Waals surface area (Å²) < 4.78 is 6.88. The minimum atomic E-state index is -0.436. The Morgan fingerprint density at radius 1 is 1.03 bits per heavy atom. The molecule has 0 fully saturated rings. The van der Waals surface area contributed by atoms with Gasteiger partial charge in [-0.1, -0.05) is 45.0 Å². The van der Waals surface area contributed by atoms with Crippen molar-refractivity contribution in [2.24, 2.45) is 0 Å². The minimum absolute atomic E-state index is 0.0229. The number of ether oxygens (including phenoxy) is 1. The topological polar surface area (TPSA) is 64.4 Å². The molecule has 0 aliphatic carbocycles. The van der Waals surface area contributed by atoms with Crippen LogP contribution < -0.4 is 0 Å². The van der Waals surface area contributed by atoms with Crippen molar-refractivity contribution in [3.63, 3.8) is 0 Å². The second-order valence-corrected chi connectivity index (χ2v) is 9.09. The molecule has 2 heterocycles. The summed E-state index contributed by atoms with van der Waals surface area (Å²) in [5.41, 5.74) is 4.91. The molecule has 0 N–H and O–H groups in total. The summed E-state index contributed by atoms with van der Waals surface area (Å²) >= 11 is 0. The van der Waals surface area contributed by atoms with Gasteiger partial charge in [-0.15, -0.1) is 0 Å². The van der Waals surface area contributed by atoms with Crippen LogP contribution >= 0.6 is 0 Å². The third-order valence-electron chi connectivity index (χ3n) is 5.74. The van der Waals surface area contributed by atoms with Crippen molar-refractivity contribution < 1.29 is 14.3 Å². The summed E-state index contributed by atoms with van der Waals surface area (Å²) in [4.78, 5) is 27.2. The van der Waals surface area contributed by atoms with E-state index < -0.39 is 5.97 Å². The van der Waals surface area contributed by atoms with Crippen molar-refractivity contribution in [1.29, 1.82) is 0 Å². The Morgan fingerprint density at radius 2 is 1.72 bits per heavy atom. The Balaban J connectivity index is 1.59. The quantitative estimate of drug-likeness (QED) is 0.569. The first-order valence-corrected chi connectivity index (χ1v) is 11.0. The summed E-state index contributed by atoms with van der Waals surface area (Å²) in [5.74, 6) is -0.413. The van der Waals surface area contributed by atoms with Crippen LogP contribution in [0.4, 0.5) is 0 Å². The van der Waals surface area contributed by atoms with Crippen LogP contribution in [-0.4, -0.2) is 39.7 Å². The van der Waals surface area contributed by atoms with E-state index in [2.05, 4.69) is 38.0 Å². The molecule has 0 spiro atoms. The molecule has 4 rings (SSSR count). The van der Waals surface area contributed by atoms with Crippen LogP contribution in [0.2, 0.25) is 0 Å². The largest absolute Gasteiger partial charge is 0.461 e. The fraction of sp³-hybridized carbons (Fsp3) is 0.346. The van der Waals surface area contributed by atoms with Gasteiger partial charge in [0.25, 0.3) is 5.91 Å². The lowest BCUT2D eigenvalue weighted by atomic mass is 9.91. The molecule has 0 saturated heterocycles. The zero-order chi connectivity index (χ0) is 22.9. The number of carbonyl (C=O) groups is 2. The number of esters is 1. The highest BCUT2D eigenvalue weighted by atomic mass is 16.5. The van der Waals surface area contributed by atoms with Crippen LogP contribution in [0.1, 0.15) is 65.4 Å². The molecule has 2 aromatic carbocycles. The Bertz CT molecular complexity index is 1140. The van der Waals surface area contributed by atoms with Gasteiger partial charge in [-0.25, -0.2) is 9.48 Å². The number of benzene rings is 2. The molecule has 1 aliphatic rings. The van der Waals surface area contributed by atoms with Crippen LogP contribution in [0.5, 0.6) is 0 Å². The molecule has 32 heavy (non-hydrogen) atoms. The van der Waals surface area contributed by atoms with Gasteiger partial charge >= 0.3 is 5.97 Å². The number of rotatable bonds is 4. The van der Waals surface area contributed by atoms with Crippen molar-refractivity contribution >= 4 is 11.9 Å². The first-order valence-electron chi connectivity index (χ1n) is 11.0. The number of amides is 1. The molecule has 0 radical (unpaired) electrons. The highest BCUT2D eigenvalue weighted by Gasteiger charge is 2.25. The van der Waals surface area contributed by atoms with Gasteiger partial charge in [0.15, 0.2) is 5.69 Å². The van der Waals surface area contributed by atoms with Gasteiger partial charge in [0.2, 0.25) is 0 Å². The molecule has 1 amide bonds. The predicted molar refractivity (Wildman–Crippen MR) is 123 cm³/mol. The Morgan fingerprint density at radius 3 is 2.38 bits per heavy atom. The fourth-order valence-electron chi connectivity index (χ4n) is 4.01. The maximum Gasteiger partial charge on any atom is 0.358 e. The molecular formula is C26H29N3O3. The zero-order valence-corrected chi connectivity index (χ0v) is 19.1. The number of fused-ring (bicyclic) bond motifs is 1. The Hall–Kier alpha value is -3.41. The van der Waals surface area contributed by atoms with Crippen LogP contribution in [0.15, 0.2) is 54.6 Å². The van der Waals surface area contributed by atoms with Crippen LogP contribution in [0.3, 0.4) is 0 Å². The van der Waals surface area contributed by atoms with E-state index in [1.807, 2.05) is 41.3 Å². The normalized spacial score (nSPS) is 13.6. The monoisotopic (exact) mass is 431 g/mol. The molecular weight excluding hydrogens is 402 g/mol. The van der Waals surface area contributed by atoms with Gasteiger partial charge in [-0.05, 0) is 54.8 Å². The molecule has 3 aromatic rings. The van der Waals surface area contributed by atoms with E-state index in [4.69, 9.17) is 4.74 Å². The van der Waals surface area contributed by atoms with E-state index in [0.717, 1.165) is 17.8 Å². The van der Waals surface area contributed by atoms with Crippen molar-refractivity contribution in [2.45, 2.75) is 46.1 Å². The van der Waals surface area contributed by atoms with E-state index in [9.17, 15) is 9.59 Å². The number of nitrogens with zero attached hydrogens (tertiary/aromatic N) is 3. The smallest absolute Gasteiger partial charge is 0.358 e. The van der Waals surface area contributed by atoms with E-state index in [0.29, 0.717) is 25.3 Å². The van der Waals surface area contributed by atoms with Crippen molar-refractivity contribution in [3.8, 4) is 5.69 Å². The first kappa shape index (κ1) is 21.8. The highest BCUT2D eigenvalue weighted by molar-refractivity contribution is 5.94. The summed E-state index contributed by atoms with van der Waals surface area (Å²) in [6, 6.07) is 17.5. The lowest BCUT2D eigenvalue weighted by Crippen LogP contribution is -2.35. The summed E-state index contributed by atoms with van der Waals surface area (Å²) in [7, 11) is 0. The van der Waals surface area contributed by atoms with Gasteiger partial charge in [-0.3, -0.25) is 4.79 Å². The van der Waals surface area contributed by atoms with Crippen molar-refractivity contribution in [1.82, 2.24) is 14.7 Å². The molecule has 6 heteroatoms. The second kappa shape index (κ2) is 8.61. The molecule has 6 nitrogen and oxygen atoms in total. The highest BCUT2D eigenvalue weighted by Crippen LogP contribution is 2.27. The Kier molecular flexibility index (Phi) is 5.87. The molecule has 0 atom stereocenters. The number of hydrogen-bond acceptors (Lipinski definition) is 4. The van der Waals surface area contributed by atoms with Gasteiger partial charge < -0.3 is 9.64 Å². The zero-order valence-electron chi connectivity index (χ0n) is 19.1. The third-order valence-corrected chi connectivity index (χ3v) is 5.74. The van der Waals surface area contributed by atoms with Crippen molar-refractivity contribution in [2.75, 3.05) is 13.2 Å². The maximum atomic E-state index is 13.1. The van der Waals surface area contributed by atoms with E-state index in [1.165, 1.54) is 11.1 Å². The van der Waals surface area contributed by atoms with Gasteiger partial charge in [-0.2, -0.15) is 5.10 Å². The average Bonchev–Trinajstić information content (AvgIpc) is 3.25. The second-order valence-electron chi connectivity index (χ2n) is 9.09. The molecule has 0 saturated carbocycles. The molecule has 166 valence electrons. The number of hydrogen-bond donors (Lipinski definition) is 0. The molecule has 0 bridgehead atoms. The average molecular weight is 432 g/mol. The van der Waals surface area contributed by atoms with Crippen molar-refractivity contribution in [3.05, 3.63) is 82.7 Å². The maximum absolute atomic E-state index is 13.1. The molecule has 0 unspecified atom stereocenters. The standard InChI is InChI=1S/C26H29N3O3/c1-5-32-25(31)22-16-23(26(2,3)4)29(27-22)21-12-10-19(11-13-21)24(30)28-15-14-18-8-6-7-9-20(18)17-28/h6-13,16H,5,14-15,17H2,1-4H3. The molecule has 1 aromatic heterocycles. The van der Waals surface area contributed by atoms with Gasteiger partial charge in [0.05, 0.1) is 18.0 Å². The number of carbonyl (C=O) groups excluding carboxylic acids is 2. The lowest BCUT2D eigenvalue weighted by molar-refractivity contribution is 0.0518. The molecule has 1 aliphatic heterocycles. The van der Waals surface area contributed by atoms with E-state index in [-0.39, 0.29) is 17.0 Å². The number of aromatic nitrogens is 2. The first-order chi connectivity index (χ1) is 15.3. The van der Waals surface area contributed by atoms with Crippen LogP contribution in [-0.2, 0) is 23.1 Å². The van der Waals surface area contributed by atoms with E-state index in [1.54, 1.807) is 17.7 Å². The minimum Gasteiger partial charge on any atom is -0.461 e. The fourth-order valence-corrected chi connectivity index (χ4v) is 4.01. The Labute approximate surface area is 188 Å². The summed E-state index contributed by atoms with van der Waals surface area (Å²) in [6.45, 7) is 9.63. The van der Waals surface area contributed by atoms with Crippen LogP contribution in [0, 0.1) is 0 Å². The lowest BCUT2D eigenvalue weighted by Gasteiger charge is -2.29. The van der Waals surface area contributed by atoms with Gasteiger partial charge in [0.1, 0.15) is 0 Å². The van der Waals surface area contributed by atoms with E-state index >= 15 is 0 Å². The van der Waals surface area contributed by atoms with Crippen LogP contribution in [0.25, 0.3) is 5.69 Å². The predicted octanol–water partition coefficient (Wildman–Crippen LogP) is 4.55. The summed E-state index contributed by atoms with van der Waals surface area (Å²) in [5, 5.41) is 4.50.